The Morgan fingerprint density at radius 3 is 2.50 bits per heavy atom. The average molecular weight is 533 g/mol. The summed E-state index contributed by atoms with van der Waals surface area (Å²) in [7, 11) is 0. The molecule has 1 saturated heterocycles. The van der Waals surface area contributed by atoms with E-state index in [-0.39, 0.29) is 42.1 Å². The van der Waals surface area contributed by atoms with E-state index in [2.05, 4.69) is 15.6 Å². The minimum Gasteiger partial charge on any atom is -0.384 e. The van der Waals surface area contributed by atoms with Crippen LogP contribution in [0.25, 0.3) is 0 Å². The van der Waals surface area contributed by atoms with Gasteiger partial charge in [0.05, 0.1) is 17.8 Å². The van der Waals surface area contributed by atoms with Crippen molar-refractivity contribution in [2.45, 2.75) is 75.9 Å². The lowest BCUT2D eigenvalue weighted by molar-refractivity contribution is -0.137. The molecule has 1 aromatic carbocycles. The number of amides is 2. The molecule has 2 fully saturated rings. The minimum absolute atomic E-state index is 0.0144. The van der Waals surface area contributed by atoms with Crippen molar-refractivity contribution in [1.82, 2.24) is 20.5 Å². The van der Waals surface area contributed by atoms with Crippen LogP contribution in [-0.2, 0) is 16.6 Å². The van der Waals surface area contributed by atoms with Crippen LogP contribution in [0.3, 0.4) is 0 Å². The second-order valence-electron chi connectivity index (χ2n) is 10.7. The highest BCUT2D eigenvalue weighted by Gasteiger charge is 2.40. The van der Waals surface area contributed by atoms with Crippen LogP contribution in [0.1, 0.15) is 67.6 Å². The Morgan fingerprint density at radius 1 is 1.13 bits per heavy atom. The van der Waals surface area contributed by atoms with Gasteiger partial charge in [-0.2, -0.15) is 13.2 Å². The molecule has 2 atom stereocenters. The van der Waals surface area contributed by atoms with Gasteiger partial charge in [-0.3, -0.25) is 14.6 Å². The fourth-order valence-electron chi connectivity index (χ4n) is 5.59. The van der Waals surface area contributed by atoms with E-state index in [9.17, 15) is 27.9 Å². The van der Waals surface area contributed by atoms with Crippen molar-refractivity contribution in [3.05, 3.63) is 65.5 Å². The summed E-state index contributed by atoms with van der Waals surface area (Å²) in [5, 5.41) is 17.2. The molecule has 2 heterocycles. The van der Waals surface area contributed by atoms with Crippen LogP contribution in [0.5, 0.6) is 0 Å². The van der Waals surface area contributed by atoms with Crippen molar-refractivity contribution >= 4 is 11.8 Å². The topological polar surface area (TPSA) is 94.6 Å². The number of pyridine rings is 1. The summed E-state index contributed by atoms with van der Waals surface area (Å²) in [5.41, 5.74) is -1.28. The van der Waals surface area contributed by atoms with E-state index in [1.165, 1.54) is 12.1 Å². The Bertz CT molecular complexity index is 1120. The van der Waals surface area contributed by atoms with E-state index >= 15 is 0 Å². The highest BCUT2D eigenvalue weighted by Crippen LogP contribution is 2.37. The lowest BCUT2D eigenvalue weighted by Crippen LogP contribution is -2.47. The van der Waals surface area contributed by atoms with Gasteiger partial charge in [0.25, 0.3) is 5.91 Å². The number of carbonyl (C=O) groups excluding carboxylic acids is 2. The van der Waals surface area contributed by atoms with Crippen LogP contribution in [0.4, 0.5) is 13.2 Å². The molecule has 1 aliphatic heterocycles. The van der Waals surface area contributed by atoms with E-state index < -0.39 is 23.2 Å². The van der Waals surface area contributed by atoms with Gasteiger partial charge in [-0.05, 0) is 68.4 Å². The predicted molar refractivity (Wildman–Crippen MR) is 136 cm³/mol. The number of alkyl halides is 3. The van der Waals surface area contributed by atoms with Crippen molar-refractivity contribution in [3.63, 3.8) is 0 Å². The molecule has 2 amide bonds. The van der Waals surface area contributed by atoms with Gasteiger partial charge >= 0.3 is 6.18 Å². The number of nitrogens with one attached hydrogen (secondary N) is 2. The predicted octanol–water partition coefficient (Wildman–Crippen LogP) is 3.88. The summed E-state index contributed by atoms with van der Waals surface area (Å²) in [6, 6.07) is 9.99. The second kappa shape index (κ2) is 11.4. The van der Waals surface area contributed by atoms with Crippen LogP contribution in [0.15, 0.2) is 48.7 Å². The van der Waals surface area contributed by atoms with Gasteiger partial charge in [0.2, 0.25) is 5.91 Å². The Kier molecular flexibility index (Phi) is 8.42. The van der Waals surface area contributed by atoms with Crippen molar-refractivity contribution in [2.24, 2.45) is 5.92 Å². The molecule has 38 heavy (non-hydrogen) atoms. The largest absolute Gasteiger partial charge is 0.416 e. The summed E-state index contributed by atoms with van der Waals surface area (Å²) in [6.45, 7) is 4.29. The number of carbonyl (C=O) groups is 2. The Morgan fingerprint density at radius 2 is 1.87 bits per heavy atom. The number of hydrogen-bond donors (Lipinski definition) is 3. The van der Waals surface area contributed by atoms with Crippen molar-refractivity contribution in [3.8, 4) is 0 Å². The first kappa shape index (κ1) is 28.0. The van der Waals surface area contributed by atoms with E-state index in [1.54, 1.807) is 11.1 Å². The van der Waals surface area contributed by atoms with Crippen molar-refractivity contribution < 1.29 is 27.9 Å². The molecule has 0 unspecified atom stereocenters. The van der Waals surface area contributed by atoms with Crippen LogP contribution in [0.2, 0.25) is 0 Å². The number of halogens is 3. The average Bonchev–Trinajstić information content (AvgIpc) is 3.33. The lowest BCUT2D eigenvalue weighted by atomic mass is 9.79. The van der Waals surface area contributed by atoms with Gasteiger partial charge in [0.1, 0.15) is 5.60 Å². The zero-order valence-electron chi connectivity index (χ0n) is 21.7. The SMILES string of the molecule is CC(C)[C@@H]1C[C@H](NC2CCC(O)(c3ccccn3)CC2)CN1C(=O)CNC(=O)c1cccc(C(F)(F)F)c1. The maximum absolute atomic E-state index is 13.1. The standard InChI is InChI=1S/C28H35F3N4O3/c1-18(2)23-15-22(34-21-9-11-27(38,12-10-21)24-8-3-4-13-32-24)17-35(23)25(36)16-33-26(37)19-6-5-7-20(14-19)28(29,30)31/h3-8,13-14,18,21-23,34,38H,9-12,15-17H2,1-2H3,(H,33,37)/t21?,22-,23-,27?/m0/s1. The van der Waals surface area contributed by atoms with E-state index in [1.807, 2.05) is 32.0 Å². The van der Waals surface area contributed by atoms with Gasteiger partial charge in [-0.15, -0.1) is 0 Å². The first-order valence-corrected chi connectivity index (χ1v) is 13.1. The molecule has 3 N–H and O–H groups in total. The third-order valence-corrected chi connectivity index (χ3v) is 7.71. The molecule has 1 aliphatic carbocycles. The zero-order valence-corrected chi connectivity index (χ0v) is 21.7. The summed E-state index contributed by atoms with van der Waals surface area (Å²) in [6.07, 6.45) is 0.692. The summed E-state index contributed by atoms with van der Waals surface area (Å²) in [5.74, 6) is -0.783. The summed E-state index contributed by atoms with van der Waals surface area (Å²) >= 11 is 0. The summed E-state index contributed by atoms with van der Waals surface area (Å²) < 4.78 is 38.9. The molecule has 1 aromatic heterocycles. The molecule has 4 rings (SSSR count). The Labute approximate surface area is 220 Å². The fraction of sp³-hybridized carbons (Fsp3) is 0.536. The van der Waals surface area contributed by atoms with E-state index in [0.29, 0.717) is 25.1 Å². The molecule has 0 bridgehead atoms. The molecule has 2 aromatic rings. The quantitative estimate of drug-likeness (QED) is 0.503. The third kappa shape index (κ3) is 6.53. The number of aliphatic hydroxyl groups is 1. The van der Waals surface area contributed by atoms with Crippen LogP contribution in [0, 0.1) is 5.92 Å². The molecule has 2 aliphatic rings. The first-order chi connectivity index (χ1) is 18.0. The highest BCUT2D eigenvalue weighted by molar-refractivity contribution is 5.96. The molecule has 206 valence electrons. The van der Waals surface area contributed by atoms with Crippen LogP contribution >= 0.6 is 0 Å². The zero-order chi connectivity index (χ0) is 27.5. The Hall–Kier alpha value is -2.98. The molecule has 10 heteroatoms. The lowest BCUT2D eigenvalue weighted by Gasteiger charge is -2.37. The maximum Gasteiger partial charge on any atom is 0.416 e. The molecule has 1 saturated carbocycles. The van der Waals surface area contributed by atoms with Gasteiger partial charge in [0, 0.05) is 36.4 Å². The second-order valence-corrected chi connectivity index (χ2v) is 10.7. The first-order valence-electron chi connectivity index (χ1n) is 13.1. The monoisotopic (exact) mass is 532 g/mol. The number of rotatable bonds is 7. The molecule has 0 spiro atoms. The summed E-state index contributed by atoms with van der Waals surface area (Å²) in [4.78, 5) is 31.6. The number of likely N-dealkylation sites (tertiary alicyclic amines) is 1. The van der Waals surface area contributed by atoms with E-state index in [4.69, 9.17) is 0 Å². The molecule has 0 radical (unpaired) electrons. The maximum atomic E-state index is 13.1. The van der Waals surface area contributed by atoms with Crippen molar-refractivity contribution in [1.29, 1.82) is 0 Å². The smallest absolute Gasteiger partial charge is 0.384 e. The normalized spacial score (nSPS) is 26.0. The van der Waals surface area contributed by atoms with Gasteiger partial charge in [0.15, 0.2) is 0 Å². The van der Waals surface area contributed by atoms with Crippen LogP contribution in [-0.4, -0.2) is 58.0 Å². The highest BCUT2D eigenvalue weighted by atomic mass is 19.4. The molecule has 7 nitrogen and oxygen atoms in total. The van der Waals surface area contributed by atoms with Crippen molar-refractivity contribution in [2.75, 3.05) is 13.1 Å². The van der Waals surface area contributed by atoms with E-state index in [0.717, 1.165) is 31.4 Å². The Balaban J connectivity index is 1.31. The van der Waals surface area contributed by atoms with Gasteiger partial charge < -0.3 is 20.6 Å². The number of hydrogen-bond acceptors (Lipinski definition) is 5. The number of aromatic nitrogens is 1. The fourth-order valence-corrected chi connectivity index (χ4v) is 5.59. The third-order valence-electron chi connectivity index (χ3n) is 7.71. The molecular weight excluding hydrogens is 497 g/mol. The number of nitrogens with zero attached hydrogens (tertiary/aromatic N) is 2. The number of benzene rings is 1. The molecular formula is C28H35F3N4O3. The minimum atomic E-state index is -4.55. The van der Waals surface area contributed by atoms with Crippen LogP contribution < -0.4 is 10.6 Å². The van der Waals surface area contributed by atoms with Gasteiger partial charge in [-0.25, -0.2) is 0 Å². The van der Waals surface area contributed by atoms with Gasteiger partial charge in [-0.1, -0.05) is 26.0 Å².